The third-order valence-corrected chi connectivity index (χ3v) is 3.30. The third-order valence-electron chi connectivity index (χ3n) is 3.30. The van der Waals surface area contributed by atoms with E-state index in [4.69, 9.17) is 5.73 Å². The fourth-order valence-corrected chi connectivity index (χ4v) is 2.15. The second kappa shape index (κ2) is 11.5. The van der Waals surface area contributed by atoms with Gasteiger partial charge in [-0.2, -0.15) is 0 Å². The van der Waals surface area contributed by atoms with Crippen LogP contribution in [0.15, 0.2) is 61.3 Å². The molecule has 0 aliphatic carbocycles. The Bertz CT molecular complexity index is 360. The normalized spacial score (nSPS) is 15.7. The summed E-state index contributed by atoms with van der Waals surface area (Å²) in [5.41, 5.74) is 7.52. The first-order chi connectivity index (χ1) is 9.61. The van der Waals surface area contributed by atoms with Crippen LogP contribution in [0.4, 0.5) is 0 Å². The van der Waals surface area contributed by atoms with Gasteiger partial charge >= 0.3 is 0 Å². The molecule has 0 fully saturated rings. The first kappa shape index (κ1) is 18.7. The molecular weight excluding hydrogens is 242 g/mol. The van der Waals surface area contributed by atoms with Crippen LogP contribution in [0.1, 0.15) is 52.4 Å². The molecule has 0 amide bonds. The molecule has 0 saturated carbocycles. The molecule has 1 unspecified atom stereocenters. The first-order valence-corrected chi connectivity index (χ1v) is 7.61. The smallest absolute Gasteiger partial charge is 0.0232 e. The second-order valence-corrected chi connectivity index (χ2v) is 5.30. The van der Waals surface area contributed by atoms with Crippen LogP contribution in [-0.2, 0) is 0 Å². The molecule has 0 aromatic rings. The Labute approximate surface area is 125 Å². The number of hydrogen-bond acceptors (Lipinski definition) is 1. The van der Waals surface area contributed by atoms with E-state index in [0.29, 0.717) is 0 Å². The third kappa shape index (κ3) is 8.71. The summed E-state index contributed by atoms with van der Waals surface area (Å²) >= 11 is 0. The Morgan fingerprint density at radius 2 is 1.90 bits per heavy atom. The van der Waals surface area contributed by atoms with Gasteiger partial charge in [0.25, 0.3) is 0 Å². The van der Waals surface area contributed by atoms with Gasteiger partial charge in [0.2, 0.25) is 0 Å². The average molecular weight is 273 g/mol. The lowest BCUT2D eigenvalue weighted by molar-refractivity contribution is 0.399. The molecule has 0 saturated heterocycles. The summed E-state index contributed by atoms with van der Waals surface area (Å²) in [7, 11) is 0. The summed E-state index contributed by atoms with van der Waals surface area (Å²) in [4.78, 5) is 0. The summed E-state index contributed by atoms with van der Waals surface area (Å²) in [6.07, 6.45) is 20.5. The maximum atomic E-state index is 6.55. The molecule has 0 bridgehead atoms. The van der Waals surface area contributed by atoms with E-state index in [-0.39, 0.29) is 5.54 Å². The Morgan fingerprint density at radius 3 is 2.45 bits per heavy atom. The minimum Gasteiger partial charge on any atom is -0.325 e. The molecule has 20 heavy (non-hydrogen) atoms. The number of allylic oxidation sites excluding steroid dienone is 6. The zero-order valence-corrected chi connectivity index (χ0v) is 13.3. The maximum Gasteiger partial charge on any atom is 0.0232 e. The van der Waals surface area contributed by atoms with E-state index in [1.54, 1.807) is 0 Å². The van der Waals surface area contributed by atoms with Gasteiger partial charge in [-0.05, 0) is 44.6 Å². The fraction of sp³-hybridized carbons (Fsp3) is 0.474. The molecule has 1 heteroatoms. The lowest BCUT2D eigenvalue weighted by Crippen LogP contribution is -2.39. The summed E-state index contributed by atoms with van der Waals surface area (Å²) in [5, 5.41) is 0. The van der Waals surface area contributed by atoms with Crippen LogP contribution in [0.5, 0.6) is 0 Å². The average Bonchev–Trinajstić information content (AvgIpc) is 2.43. The van der Waals surface area contributed by atoms with Gasteiger partial charge in [0.15, 0.2) is 0 Å². The van der Waals surface area contributed by atoms with E-state index < -0.39 is 0 Å². The zero-order chi connectivity index (χ0) is 15.3. The summed E-state index contributed by atoms with van der Waals surface area (Å²) in [6, 6.07) is 0. The molecule has 0 radical (unpaired) electrons. The minimum absolute atomic E-state index is 0.222. The van der Waals surface area contributed by atoms with Crippen molar-refractivity contribution in [1.29, 1.82) is 0 Å². The van der Waals surface area contributed by atoms with E-state index >= 15 is 0 Å². The summed E-state index contributed by atoms with van der Waals surface area (Å²) in [6.45, 7) is 11.9. The van der Waals surface area contributed by atoms with Gasteiger partial charge in [0, 0.05) is 5.54 Å². The van der Waals surface area contributed by atoms with Crippen LogP contribution in [-0.4, -0.2) is 5.54 Å². The number of rotatable bonds is 11. The summed E-state index contributed by atoms with van der Waals surface area (Å²) < 4.78 is 0. The van der Waals surface area contributed by atoms with Crippen molar-refractivity contribution in [3.8, 4) is 0 Å². The predicted octanol–water partition coefficient (Wildman–Crippen LogP) is 5.48. The zero-order valence-electron chi connectivity index (χ0n) is 13.3. The lowest BCUT2D eigenvalue weighted by Gasteiger charge is -2.28. The Balaban J connectivity index is 4.64. The van der Waals surface area contributed by atoms with Crippen LogP contribution in [0.2, 0.25) is 0 Å². The van der Waals surface area contributed by atoms with Gasteiger partial charge in [0.05, 0.1) is 0 Å². The molecule has 0 aliphatic heterocycles. The van der Waals surface area contributed by atoms with Crippen molar-refractivity contribution in [3.05, 3.63) is 61.3 Å². The van der Waals surface area contributed by atoms with Crippen LogP contribution in [0, 0.1) is 0 Å². The molecule has 2 N–H and O–H groups in total. The molecular formula is C19H31N. The molecule has 0 aromatic heterocycles. The van der Waals surface area contributed by atoms with Gasteiger partial charge in [-0.1, -0.05) is 62.5 Å². The van der Waals surface area contributed by atoms with Crippen molar-refractivity contribution in [2.45, 2.75) is 57.9 Å². The Kier molecular flexibility index (Phi) is 10.7. The molecule has 0 aromatic carbocycles. The lowest BCUT2D eigenvalue weighted by atomic mass is 9.84. The number of hydrogen-bond donors (Lipinski definition) is 1. The van der Waals surface area contributed by atoms with Gasteiger partial charge in [-0.15, -0.1) is 6.58 Å². The van der Waals surface area contributed by atoms with Crippen molar-refractivity contribution in [1.82, 2.24) is 0 Å². The fourth-order valence-electron chi connectivity index (χ4n) is 2.15. The van der Waals surface area contributed by atoms with E-state index in [2.05, 4.69) is 38.3 Å². The highest BCUT2D eigenvalue weighted by atomic mass is 14.7. The van der Waals surface area contributed by atoms with Crippen molar-refractivity contribution in [3.63, 3.8) is 0 Å². The second-order valence-electron chi connectivity index (χ2n) is 5.30. The van der Waals surface area contributed by atoms with Crippen LogP contribution >= 0.6 is 0 Å². The molecule has 0 heterocycles. The minimum atomic E-state index is -0.222. The maximum absolute atomic E-state index is 6.55. The summed E-state index contributed by atoms with van der Waals surface area (Å²) in [5.74, 6) is 0. The van der Waals surface area contributed by atoms with Crippen LogP contribution < -0.4 is 5.73 Å². The van der Waals surface area contributed by atoms with Gasteiger partial charge in [-0.3, -0.25) is 0 Å². The monoisotopic (exact) mass is 273 g/mol. The molecule has 1 atom stereocenters. The highest BCUT2D eigenvalue weighted by Gasteiger charge is 2.23. The molecule has 0 rings (SSSR count). The number of nitrogens with two attached hydrogens (primary N) is 1. The Morgan fingerprint density at radius 1 is 1.20 bits per heavy atom. The van der Waals surface area contributed by atoms with Gasteiger partial charge < -0.3 is 5.73 Å². The first-order valence-electron chi connectivity index (χ1n) is 7.61. The predicted molar refractivity (Wildman–Crippen MR) is 92.7 cm³/mol. The van der Waals surface area contributed by atoms with E-state index in [1.165, 1.54) is 12.0 Å². The Hall–Kier alpha value is -1.34. The van der Waals surface area contributed by atoms with Crippen LogP contribution in [0.3, 0.4) is 0 Å². The van der Waals surface area contributed by atoms with Crippen molar-refractivity contribution in [2.75, 3.05) is 0 Å². The number of unbranched alkanes of at least 4 members (excludes halogenated alkanes) is 1. The van der Waals surface area contributed by atoms with E-state index in [1.807, 2.05) is 31.2 Å². The standard InChI is InChI=1S/C19H31N/c1-5-9-11-12-13-16-19(20,15-7-3)17-18(8-4)14-10-6-2/h6-8,10-12,14H,3-5,9,13,15-17,20H2,1-2H3/b10-6-,12-11-,18-14+. The van der Waals surface area contributed by atoms with E-state index in [9.17, 15) is 0 Å². The molecule has 0 aliphatic rings. The molecule has 0 spiro atoms. The van der Waals surface area contributed by atoms with E-state index in [0.717, 1.165) is 32.1 Å². The molecule has 112 valence electrons. The molecule has 1 nitrogen and oxygen atoms in total. The van der Waals surface area contributed by atoms with Gasteiger partial charge in [-0.25, -0.2) is 0 Å². The van der Waals surface area contributed by atoms with Gasteiger partial charge in [0.1, 0.15) is 0 Å². The topological polar surface area (TPSA) is 26.0 Å². The largest absolute Gasteiger partial charge is 0.325 e. The van der Waals surface area contributed by atoms with Crippen molar-refractivity contribution < 1.29 is 0 Å². The highest BCUT2D eigenvalue weighted by molar-refractivity contribution is 5.24. The quantitative estimate of drug-likeness (QED) is 0.392. The van der Waals surface area contributed by atoms with Crippen molar-refractivity contribution in [2.24, 2.45) is 5.73 Å². The van der Waals surface area contributed by atoms with Crippen molar-refractivity contribution >= 4 is 0 Å². The van der Waals surface area contributed by atoms with Crippen LogP contribution in [0.25, 0.3) is 0 Å². The SMILES string of the molecule is C=CCC(N)(CC/C=C\CCC)C/C(C=C)=C/C=C\C. The highest BCUT2D eigenvalue weighted by Crippen LogP contribution is 2.25.